The summed E-state index contributed by atoms with van der Waals surface area (Å²) < 4.78 is 25.5. The van der Waals surface area contributed by atoms with Crippen molar-refractivity contribution in [3.8, 4) is 0 Å². The second-order valence-electron chi connectivity index (χ2n) is 4.67. The Morgan fingerprint density at radius 2 is 1.52 bits per heavy atom. The van der Waals surface area contributed by atoms with Gasteiger partial charge in [0, 0.05) is 6.54 Å². The topological polar surface area (TPSA) is 49.3 Å². The number of hydrogen-bond acceptors (Lipinski definition) is 2. The molecule has 0 radical (unpaired) electrons. The Labute approximate surface area is 121 Å². The van der Waals surface area contributed by atoms with Crippen LogP contribution in [0.2, 0.25) is 0 Å². The van der Waals surface area contributed by atoms with Crippen LogP contribution in [0.25, 0.3) is 0 Å². The fourth-order valence-corrected chi connectivity index (χ4v) is 1.86. The predicted molar refractivity (Wildman–Crippen MR) is 74.5 cm³/mol. The minimum absolute atomic E-state index is 0.0334. The number of rotatable bonds is 5. The van der Waals surface area contributed by atoms with Crippen LogP contribution in [-0.2, 0) is 11.2 Å². The van der Waals surface area contributed by atoms with Gasteiger partial charge >= 0.3 is 0 Å². The summed E-state index contributed by atoms with van der Waals surface area (Å²) in [6.07, 6.45) is -0.793. The van der Waals surface area contributed by atoms with E-state index in [1.54, 1.807) is 0 Å². The summed E-state index contributed by atoms with van der Waals surface area (Å²) in [6, 6.07) is 11.1. The zero-order valence-electron chi connectivity index (χ0n) is 11.2. The molecule has 2 rings (SSSR count). The number of carbonyl (C=O) groups is 1. The molecule has 0 bridgehead atoms. The number of carbonyl (C=O) groups excluding carboxylic acids is 1. The van der Waals surface area contributed by atoms with Gasteiger partial charge in [-0.25, -0.2) is 8.78 Å². The first kappa shape index (κ1) is 15.1. The van der Waals surface area contributed by atoms with Gasteiger partial charge in [-0.05, 0) is 35.4 Å². The average molecular weight is 291 g/mol. The van der Waals surface area contributed by atoms with Gasteiger partial charge < -0.3 is 10.4 Å². The molecular formula is C16H15F2NO2. The number of halogens is 2. The molecule has 0 aromatic heterocycles. The third kappa shape index (κ3) is 4.65. The van der Waals surface area contributed by atoms with Crippen molar-refractivity contribution in [2.75, 3.05) is 6.54 Å². The van der Waals surface area contributed by atoms with Gasteiger partial charge in [0.05, 0.1) is 12.5 Å². The predicted octanol–water partition coefficient (Wildman–Crippen LogP) is 2.36. The second-order valence-corrected chi connectivity index (χ2v) is 4.67. The lowest BCUT2D eigenvalue weighted by atomic mass is 10.1. The maximum Gasteiger partial charge on any atom is 0.224 e. The minimum atomic E-state index is -0.900. The number of aliphatic hydroxyl groups is 1. The molecule has 1 unspecified atom stereocenters. The highest BCUT2D eigenvalue weighted by molar-refractivity contribution is 5.78. The minimum Gasteiger partial charge on any atom is -0.387 e. The second kappa shape index (κ2) is 6.95. The standard InChI is InChI=1S/C16H15F2NO2/c17-13-5-1-11(2-6-13)9-16(21)19-10-15(20)12-3-7-14(18)8-4-12/h1-8,15,20H,9-10H2,(H,19,21). The van der Waals surface area contributed by atoms with Crippen molar-refractivity contribution >= 4 is 5.91 Å². The maximum absolute atomic E-state index is 12.8. The van der Waals surface area contributed by atoms with Crippen LogP contribution in [0.3, 0.4) is 0 Å². The highest BCUT2D eigenvalue weighted by Gasteiger charge is 2.10. The zero-order valence-corrected chi connectivity index (χ0v) is 11.2. The zero-order chi connectivity index (χ0) is 15.2. The maximum atomic E-state index is 12.8. The molecule has 0 fully saturated rings. The van der Waals surface area contributed by atoms with Gasteiger partial charge in [0.1, 0.15) is 11.6 Å². The highest BCUT2D eigenvalue weighted by Crippen LogP contribution is 2.12. The van der Waals surface area contributed by atoms with Crippen LogP contribution in [0.15, 0.2) is 48.5 Å². The molecule has 1 amide bonds. The van der Waals surface area contributed by atoms with Crippen molar-refractivity contribution in [1.82, 2.24) is 5.32 Å². The van der Waals surface area contributed by atoms with Gasteiger partial charge in [0.2, 0.25) is 5.91 Å². The fourth-order valence-electron chi connectivity index (χ4n) is 1.86. The smallest absolute Gasteiger partial charge is 0.224 e. The third-order valence-electron chi connectivity index (χ3n) is 3.03. The van der Waals surface area contributed by atoms with Crippen LogP contribution >= 0.6 is 0 Å². The van der Waals surface area contributed by atoms with Crippen LogP contribution in [0.4, 0.5) is 8.78 Å². The Balaban J connectivity index is 1.83. The van der Waals surface area contributed by atoms with E-state index < -0.39 is 6.10 Å². The summed E-state index contributed by atoms with van der Waals surface area (Å²) in [5.41, 5.74) is 1.21. The fraction of sp³-hybridized carbons (Fsp3) is 0.188. The van der Waals surface area contributed by atoms with Crippen molar-refractivity contribution in [3.63, 3.8) is 0 Å². The van der Waals surface area contributed by atoms with Gasteiger partial charge in [0.25, 0.3) is 0 Å². The molecule has 0 aliphatic carbocycles. The van der Waals surface area contributed by atoms with E-state index in [0.717, 1.165) is 0 Å². The number of amides is 1. The molecular weight excluding hydrogens is 276 g/mol. The van der Waals surface area contributed by atoms with Crippen LogP contribution in [0.1, 0.15) is 17.2 Å². The molecule has 2 aromatic carbocycles. The summed E-state index contributed by atoms with van der Waals surface area (Å²) in [7, 11) is 0. The van der Waals surface area contributed by atoms with Crippen molar-refractivity contribution in [2.45, 2.75) is 12.5 Å². The van der Waals surface area contributed by atoms with Crippen molar-refractivity contribution in [2.24, 2.45) is 0 Å². The van der Waals surface area contributed by atoms with E-state index in [4.69, 9.17) is 0 Å². The van der Waals surface area contributed by atoms with Crippen molar-refractivity contribution < 1.29 is 18.7 Å². The Bertz CT molecular complexity index is 597. The van der Waals surface area contributed by atoms with Crippen LogP contribution in [-0.4, -0.2) is 17.6 Å². The van der Waals surface area contributed by atoms with E-state index in [2.05, 4.69) is 5.32 Å². The largest absolute Gasteiger partial charge is 0.387 e. The molecule has 0 heterocycles. The van der Waals surface area contributed by atoms with Gasteiger partial charge in [-0.1, -0.05) is 24.3 Å². The molecule has 2 N–H and O–H groups in total. The Morgan fingerprint density at radius 1 is 1.00 bits per heavy atom. The molecule has 0 aliphatic heterocycles. The van der Waals surface area contributed by atoms with E-state index in [9.17, 15) is 18.7 Å². The summed E-state index contributed by atoms with van der Waals surface area (Å²) in [6.45, 7) is 0.0334. The molecule has 0 saturated carbocycles. The first-order valence-electron chi connectivity index (χ1n) is 6.49. The molecule has 5 heteroatoms. The molecule has 2 aromatic rings. The summed E-state index contributed by atoms with van der Waals surface area (Å²) in [4.78, 5) is 11.7. The number of nitrogens with one attached hydrogen (secondary N) is 1. The Kier molecular flexibility index (Phi) is 5.00. The molecule has 3 nitrogen and oxygen atoms in total. The van der Waals surface area contributed by atoms with Crippen molar-refractivity contribution in [3.05, 3.63) is 71.3 Å². The molecule has 0 spiro atoms. The number of aliphatic hydroxyl groups excluding tert-OH is 1. The van der Waals surface area contributed by atoms with Gasteiger partial charge in [0.15, 0.2) is 0 Å². The lowest BCUT2D eigenvalue weighted by Gasteiger charge is -2.12. The summed E-state index contributed by atoms with van der Waals surface area (Å²) in [5, 5.41) is 12.5. The number of benzene rings is 2. The quantitative estimate of drug-likeness (QED) is 0.888. The number of hydrogen-bond donors (Lipinski definition) is 2. The average Bonchev–Trinajstić information content (AvgIpc) is 2.48. The third-order valence-corrected chi connectivity index (χ3v) is 3.03. The lowest BCUT2D eigenvalue weighted by molar-refractivity contribution is -0.120. The van der Waals surface area contributed by atoms with E-state index in [1.165, 1.54) is 48.5 Å². The van der Waals surface area contributed by atoms with Crippen LogP contribution in [0, 0.1) is 11.6 Å². The van der Waals surface area contributed by atoms with Crippen LogP contribution in [0.5, 0.6) is 0 Å². The summed E-state index contributed by atoms with van der Waals surface area (Å²) in [5.74, 6) is -1.01. The normalized spacial score (nSPS) is 12.0. The van der Waals surface area contributed by atoms with Gasteiger partial charge in [-0.15, -0.1) is 0 Å². The van der Waals surface area contributed by atoms with E-state index in [0.29, 0.717) is 11.1 Å². The molecule has 0 saturated heterocycles. The highest BCUT2D eigenvalue weighted by atomic mass is 19.1. The SMILES string of the molecule is O=C(Cc1ccc(F)cc1)NCC(O)c1ccc(F)cc1. The van der Waals surface area contributed by atoms with Crippen molar-refractivity contribution in [1.29, 1.82) is 0 Å². The Morgan fingerprint density at radius 3 is 2.10 bits per heavy atom. The van der Waals surface area contributed by atoms with Gasteiger partial charge in [-0.3, -0.25) is 4.79 Å². The monoisotopic (exact) mass is 291 g/mol. The van der Waals surface area contributed by atoms with Gasteiger partial charge in [-0.2, -0.15) is 0 Å². The molecule has 21 heavy (non-hydrogen) atoms. The lowest BCUT2D eigenvalue weighted by Crippen LogP contribution is -2.29. The molecule has 1 atom stereocenters. The molecule has 0 aliphatic rings. The van der Waals surface area contributed by atoms with E-state index >= 15 is 0 Å². The Hall–Kier alpha value is -2.27. The summed E-state index contributed by atoms with van der Waals surface area (Å²) >= 11 is 0. The first-order chi connectivity index (χ1) is 10.0. The van der Waals surface area contributed by atoms with E-state index in [1.807, 2.05) is 0 Å². The molecule has 110 valence electrons. The van der Waals surface area contributed by atoms with E-state index in [-0.39, 0.29) is 30.5 Å². The van der Waals surface area contributed by atoms with Crippen LogP contribution < -0.4 is 5.32 Å². The first-order valence-corrected chi connectivity index (χ1v) is 6.49.